The van der Waals surface area contributed by atoms with Gasteiger partial charge in [0.2, 0.25) is 0 Å². The van der Waals surface area contributed by atoms with Gasteiger partial charge in [-0.25, -0.2) is 4.39 Å². The predicted octanol–water partition coefficient (Wildman–Crippen LogP) is 5.77. The molecule has 0 amide bonds. The standard InChI is InChI=1S/C22H19F4NO3/c1-11-7-13(3-5-16(11)23)27-17-6-4-14(28)8-15(17)18(19(27)22(24,25)26)12-9-21(2,10-12)20(29)30/h3-8,12,28H,9-10H2,1-2H3,(H,29,30). The highest BCUT2D eigenvalue weighted by Gasteiger charge is 2.51. The van der Waals surface area contributed by atoms with Crippen LogP contribution in [0.25, 0.3) is 16.6 Å². The number of halogens is 4. The van der Waals surface area contributed by atoms with Gasteiger partial charge in [-0.05, 0) is 80.1 Å². The van der Waals surface area contributed by atoms with E-state index in [1.807, 2.05) is 0 Å². The highest BCUT2D eigenvalue weighted by molar-refractivity contribution is 5.90. The van der Waals surface area contributed by atoms with Gasteiger partial charge in [0, 0.05) is 11.1 Å². The van der Waals surface area contributed by atoms with Crippen LogP contribution in [0.1, 0.15) is 42.5 Å². The predicted molar refractivity (Wildman–Crippen MR) is 102 cm³/mol. The van der Waals surface area contributed by atoms with Gasteiger partial charge in [0.1, 0.15) is 17.3 Å². The van der Waals surface area contributed by atoms with Crippen LogP contribution in [-0.2, 0) is 11.0 Å². The quantitative estimate of drug-likeness (QED) is 0.528. The lowest BCUT2D eigenvalue weighted by Crippen LogP contribution is -2.40. The number of aliphatic carboxylic acids is 1. The zero-order valence-electron chi connectivity index (χ0n) is 16.2. The molecular formula is C22H19F4NO3. The normalized spacial score (nSPS) is 21.6. The van der Waals surface area contributed by atoms with E-state index in [9.17, 15) is 32.6 Å². The van der Waals surface area contributed by atoms with E-state index in [1.165, 1.54) is 44.2 Å². The lowest BCUT2D eigenvalue weighted by molar-refractivity contribution is -0.154. The minimum Gasteiger partial charge on any atom is -0.508 e. The molecule has 0 bridgehead atoms. The number of carboxylic acids is 1. The van der Waals surface area contributed by atoms with Crippen molar-refractivity contribution in [1.29, 1.82) is 0 Å². The largest absolute Gasteiger partial charge is 0.508 e. The van der Waals surface area contributed by atoms with E-state index in [4.69, 9.17) is 0 Å². The number of phenolic OH excluding ortho intramolecular Hbond substituents is 1. The van der Waals surface area contributed by atoms with Gasteiger partial charge in [-0.2, -0.15) is 13.2 Å². The Hall–Kier alpha value is -3.03. The maximum atomic E-state index is 14.3. The third-order valence-electron chi connectivity index (χ3n) is 5.98. The average Bonchev–Trinajstić information content (AvgIpc) is 2.95. The van der Waals surface area contributed by atoms with Crippen molar-refractivity contribution in [3.63, 3.8) is 0 Å². The molecule has 3 aromatic rings. The van der Waals surface area contributed by atoms with E-state index in [0.717, 1.165) is 10.6 Å². The van der Waals surface area contributed by atoms with Crippen LogP contribution >= 0.6 is 0 Å². The third kappa shape index (κ3) is 3.02. The first-order valence-electron chi connectivity index (χ1n) is 9.37. The molecular weight excluding hydrogens is 402 g/mol. The lowest BCUT2D eigenvalue weighted by Gasteiger charge is -2.42. The summed E-state index contributed by atoms with van der Waals surface area (Å²) in [5, 5.41) is 19.5. The maximum Gasteiger partial charge on any atom is 0.432 e. The summed E-state index contributed by atoms with van der Waals surface area (Å²) in [5.41, 5.74) is -1.50. The summed E-state index contributed by atoms with van der Waals surface area (Å²) in [6, 6.07) is 7.67. The fourth-order valence-electron chi connectivity index (χ4n) is 4.44. The number of carbonyl (C=O) groups is 1. The molecule has 0 atom stereocenters. The first kappa shape index (κ1) is 20.3. The van der Waals surface area contributed by atoms with E-state index in [-0.39, 0.29) is 46.3 Å². The third-order valence-corrected chi connectivity index (χ3v) is 5.98. The topological polar surface area (TPSA) is 62.5 Å². The molecule has 1 aliphatic carbocycles. The number of phenols is 1. The van der Waals surface area contributed by atoms with Crippen LogP contribution < -0.4 is 0 Å². The van der Waals surface area contributed by atoms with E-state index in [1.54, 1.807) is 0 Å². The molecule has 2 aromatic carbocycles. The van der Waals surface area contributed by atoms with Gasteiger partial charge in [0.25, 0.3) is 0 Å². The Morgan fingerprint density at radius 2 is 1.83 bits per heavy atom. The molecule has 1 fully saturated rings. The van der Waals surface area contributed by atoms with E-state index in [0.29, 0.717) is 0 Å². The van der Waals surface area contributed by atoms with Gasteiger partial charge < -0.3 is 14.8 Å². The van der Waals surface area contributed by atoms with Crippen LogP contribution in [0.4, 0.5) is 17.6 Å². The Morgan fingerprint density at radius 1 is 1.17 bits per heavy atom. The molecule has 1 aromatic heterocycles. The van der Waals surface area contributed by atoms with Gasteiger partial charge in [0.05, 0.1) is 10.9 Å². The van der Waals surface area contributed by atoms with Gasteiger partial charge in [-0.15, -0.1) is 0 Å². The van der Waals surface area contributed by atoms with Crippen molar-refractivity contribution in [2.45, 2.75) is 38.8 Å². The molecule has 1 aliphatic rings. The van der Waals surface area contributed by atoms with Crippen molar-refractivity contribution < 1.29 is 32.6 Å². The number of rotatable bonds is 3. The van der Waals surface area contributed by atoms with Crippen LogP contribution in [0.15, 0.2) is 36.4 Å². The number of hydrogen-bond donors (Lipinski definition) is 2. The summed E-state index contributed by atoms with van der Waals surface area (Å²) in [6.45, 7) is 2.98. The molecule has 0 saturated heterocycles. The maximum absolute atomic E-state index is 14.3. The van der Waals surface area contributed by atoms with Crippen LogP contribution in [0.3, 0.4) is 0 Å². The van der Waals surface area contributed by atoms with Gasteiger partial charge in [-0.1, -0.05) is 0 Å². The Bertz CT molecular complexity index is 1170. The first-order chi connectivity index (χ1) is 13.9. The summed E-state index contributed by atoms with van der Waals surface area (Å²) in [4.78, 5) is 11.5. The van der Waals surface area contributed by atoms with Crippen LogP contribution in [0, 0.1) is 18.2 Å². The van der Waals surface area contributed by atoms with Crippen LogP contribution in [0.5, 0.6) is 5.75 Å². The summed E-state index contributed by atoms with van der Waals surface area (Å²) in [6.07, 6.45) is -4.63. The second-order valence-electron chi connectivity index (χ2n) is 8.20. The zero-order valence-corrected chi connectivity index (χ0v) is 16.2. The Morgan fingerprint density at radius 3 is 2.40 bits per heavy atom. The van der Waals surface area contributed by atoms with Crippen molar-refractivity contribution in [2.75, 3.05) is 0 Å². The van der Waals surface area contributed by atoms with Crippen molar-refractivity contribution >= 4 is 16.9 Å². The molecule has 158 valence electrons. The minimum atomic E-state index is -4.75. The Kier molecular flexibility index (Phi) is 4.38. The number of fused-ring (bicyclic) bond motifs is 1. The molecule has 4 rings (SSSR count). The lowest BCUT2D eigenvalue weighted by atomic mass is 9.60. The smallest absolute Gasteiger partial charge is 0.432 e. The van der Waals surface area contributed by atoms with Crippen LogP contribution in [-0.4, -0.2) is 20.7 Å². The van der Waals surface area contributed by atoms with E-state index in [2.05, 4.69) is 0 Å². The van der Waals surface area contributed by atoms with E-state index < -0.39 is 35.0 Å². The summed E-state index contributed by atoms with van der Waals surface area (Å²) in [7, 11) is 0. The molecule has 30 heavy (non-hydrogen) atoms. The van der Waals surface area contributed by atoms with Crippen molar-refractivity contribution in [3.05, 3.63) is 59.0 Å². The molecule has 2 N–H and O–H groups in total. The van der Waals surface area contributed by atoms with Crippen molar-refractivity contribution in [2.24, 2.45) is 5.41 Å². The molecule has 1 saturated carbocycles. The van der Waals surface area contributed by atoms with Gasteiger partial charge in [-0.3, -0.25) is 4.79 Å². The molecule has 0 spiro atoms. The molecule has 0 unspecified atom stereocenters. The molecule has 4 nitrogen and oxygen atoms in total. The Labute approximate surface area is 169 Å². The van der Waals surface area contributed by atoms with Gasteiger partial charge in [0.15, 0.2) is 0 Å². The monoisotopic (exact) mass is 421 g/mol. The van der Waals surface area contributed by atoms with Crippen LogP contribution in [0.2, 0.25) is 0 Å². The number of hydrogen-bond acceptors (Lipinski definition) is 2. The Balaban J connectivity index is 2.03. The number of alkyl halides is 3. The minimum absolute atomic E-state index is 0.0332. The highest BCUT2D eigenvalue weighted by atomic mass is 19.4. The molecule has 0 radical (unpaired) electrons. The summed E-state index contributed by atoms with van der Waals surface area (Å²) in [5.74, 6) is -2.40. The second-order valence-corrected chi connectivity index (χ2v) is 8.20. The van der Waals surface area contributed by atoms with Gasteiger partial charge >= 0.3 is 12.1 Å². The highest BCUT2D eigenvalue weighted by Crippen LogP contribution is 2.56. The second kappa shape index (κ2) is 6.48. The average molecular weight is 421 g/mol. The number of aromatic nitrogens is 1. The van der Waals surface area contributed by atoms with Crippen molar-refractivity contribution in [3.8, 4) is 11.4 Å². The SMILES string of the molecule is Cc1cc(-n2c(C(F)(F)F)c(C3CC(C)(C(=O)O)C3)c3cc(O)ccc32)ccc1F. The van der Waals surface area contributed by atoms with E-state index >= 15 is 0 Å². The molecule has 0 aliphatic heterocycles. The number of aryl methyl sites for hydroxylation is 1. The first-order valence-corrected chi connectivity index (χ1v) is 9.37. The fraction of sp³-hybridized carbons (Fsp3) is 0.318. The number of benzene rings is 2. The number of carboxylic acid groups (broad SMARTS) is 1. The summed E-state index contributed by atoms with van der Waals surface area (Å²) >= 11 is 0. The molecule has 8 heteroatoms. The van der Waals surface area contributed by atoms with Crippen molar-refractivity contribution in [1.82, 2.24) is 4.57 Å². The number of aromatic hydroxyl groups is 1. The number of nitrogens with zero attached hydrogens (tertiary/aromatic N) is 1. The summed E-state index contributed by atoms with van der Waals surface area (Å²) < 4.78 is 57.7. The fourth-order valence-corrected chi connectivity index (χ4v) is 4.44. The zero-order chi connectivity index (χ0) is 22.0. The molecule has 1 heterocycles.